The summed E-state index contributed by atoms with van der Waals surface area (Å²) in [5.41, 5.74) is 7.98. The third kappa shape index (κ3) is 2.38. The van der Waals surface area contributed by atoms with Crippen molar-refractivity contribution in [2.45, 2.75) is 6.10 Å². The molecule has 62 valence electrons. The van der Waals surface area contributed by atoms with Crippen LogP contribution in [0.4, 0.5) is 0 Å². The first-order chi connectivity index (χ1) is 5.36. The van der Waals surface area contributed by atoms with Gasteiger partial charge in [-0.15, -0.1) is 0 Å². The van der Waals surface area contributed by atoms with Gasteiger partial charge in [0, 0.05) is 38.2 Å². The molecule has 0 N–H and O–H groups in total. The smallest absolute Gasteiger partial charge is 0.0824 e. The van der Waals surface area contributed by atoms with Gasteiger partial charge in [-0.25, -0.2) is 0 Å². The number of rotatable bonds is 4. The van der Waals surface area contributed by atoms with Gasteiger partial charge >= 0.3 is 0 Å². The molecule has 0 unspecified atom stereocenters. The zero-order valence-electron chi connectivity index (χ0n) is 6.60. The standard InChI is InChI=1S/C6H12N4O/c1-11-6-4-10(5-6)3-2-8-9-7/h6H,2-5H2,1H3. The van der Waals surface area contributed by atoms with Crippen LogP contribution in [0.5, 0.6) is 0 Å². The quantitative estimate of drug-likeness (QED) is 0.340. The lowest BCUT2D eigenvalue weighted by Gasteiger charge is -2.37. The summed E-state index contributed by atoms with van der Waals surface area (Å²) in [7, 11) is 1.72. The van der Waals surface area contributed by atoms with Crippen molar-refractivity contribution in [2.24, 2.45) is 5.11 Å². The van der Waals surface area contributed by atoms with Crippen LogP contribution in [-0.2, 0) is 4.74 Å². The van der Waals surface area contributed by atoms with Crippen molar-refractivity contribution >= 4 is 0 Å². The number of azide groups is 1. The molecular formula is C6H12N4O. The van der Waals surface area contributed by atoms with Gasteiger partial charge in [-0.1, -0.05) is 5.11 Å². The summed E-state index contributed by atoms with van der Waals surface area (Å²) in [6.07, 6.45) is 0.390. The first-order valence-electron chi connectivity index (χ1n) is 3.63. The number of methoxy groups -OCH3 is 1. The minimum Gasteiger partial charge on any atom is -0.379 e. The Bertz CT molecular complexity index is 160. The second kappa shape index (κ2) is 4.18. The molecular weight excluding hydrogens is 144 g/mol. The molecule has 5 heteroatoms. The summed E-state index contributed by atoms with van der Waals surface area (Å²) in [5, 5.41) is 3.44. The van der Waals surface area contributed by atoms with Crippen LogP contribution in [0.3, 0.4) is 0 Å². The molecule has 0 spiro atoms. The average Bonchev–Trinajstić information content (AvgIpc) is 1.94. The summed E-state index contributed by atoms with van der Waals surface area (Å²) in [6, 6.07) is 0. The second-order valence-corrected chi connectivity index (χ2v) is 2.57. The van der Waals surface area contributed by atoms with E-state index in [2.05, 4.69) is 14.9 Å². The van der Waals surface area contributed by atoms with Crippen LogP contribution in [0.1, 0.15) is 0 Å². The van der Waals surface area contributed by atoms with Crippen LogP contribution in [0.25, 0.3) is 10.4 Å². The number of nitrogens with zero attached hydrogens (tertiary/aromatic N) is 4. The van der Waals surface area contributed by atoms with Gasteiger partial charge in [0.15, 0.2) is 0 Å². The molecule has 0 bridgehead atoms. The second-order valence-electron chi connectivity index (χ2n) is 2.57. The van der Waals surface area contributed by atoms with Gasteiger partial charge in [0.1, 0.15) is 0 Å². The van der Waals surface area contributed by atoms with E-state index in [9.17, 15) is 0 Å². The molecule has 1 aliphatic rings. The molecule has 0 aromatic heterocycles. The van der Waals surface area contributed by atoms with E-state index in [1.165, 1.54) is 0 Å². The van der Waals surface area contributed by atoms with Gasteiger partial charge in [-0.05, 0) is 5.53 Å². The van der Waals surface area contributed by atoms with Crippen molar-refractivity contribution < 1.29 is 4.74 Å². The highest BCUT2D eigenvalue weighted by molar-refractivity contribution is 4.80. The van der Waals surface area contributed by atoms with E-state index in [1.54, 1.807) is 7.11 Å². The van der Waals surface area contributed by atoms with Gasteiger partial charge < -0.3 is 4.74 Å². The number of hydrogen-bond donors (Lipinski definition) is 0. The molecule has 5 nitrogen and oxygen atoms in total. The highest BCUT2D eigenvalue weighted by Gasteiger charge is 2.24. The molecule has 0 radical (unpaired) electrons. The zero-order chi connectivity index (χ0) is 8.10. The van der Waals surface area contributed by atoms with Crippen molar-refractivity contribution in [3.05, 3.63) is 10.4 Å². The summed E-state index contributed by atoms with van der Waals surface area (Å²) >= 11 is 0. The Kier molecular flexibility index (Phi) is 3.16. The maximum absolute atomic E-state index is 7.98. The number of ether oxygens (including phenoxy) is 1. The first kappa shape index (κ1) is 8.33. The fraction of sp³-hybridized carbons (Fsp3) is 1.00. The summed E-state index contributed by atoms with van der Waals surface area (Å²) in [5.74, 6) is 0. The van der Waals surface area contributed by atoms with E-state index in [0.717, 1.165) is 19.6 Å². The topological polar surface area (TPSA) is 61.2 Å². The normalized spacial score (nSPS) is 19.0. The Balaban J connectivity index is 2.00. The SMILES string of the molecule is COC1CN(CCN=[N+]=[N-])C1. The molecule has 1 aliphatic heterocycles. The van der Waals surface area contributed by atoms with Crippen LogP contribution in [0.2, 0.25) is 0 Å². The summed E-state index contributed by atoms with van der Waals surface area (Å²) in [6.45, 7) is 3.35. The van der Waals surface area contributed by atoms with E-state index in [4.69, 9.17) is 10.3 Å². The highest BCUT2D eigenvalue weighted by atomic mass is 16.5. The van der Waals surface area contributed by atoms with Gasteiger partial charge in [0.05, 0.1) is 6.10 Å². The van der Waals surface area contributed by atoms with Crippen molar-refractivity contribution in [2.75, 3.05) is 33.3 Å². The molecule has 0 saturated carbocycles. The van der Waals surface area contributed by atoms with Gasteiger partial charge in [-0.2, -0.15) is 0 Å². The predicted molar refractivity (Wildman–Crippen MR) is 41.3 cm³/mol. The molecule has 0 atom stereocenters. The molecule has 0 aromatic rings. The largest absolute Gasteiger partial charge is 0.379 e. The summed E-state index contributed by atoms with van der Waals surface area (Å²) < 4.78 is 5.08. The van der Waals surface area contributed by atoms with Gasteiger partial charge in [0.2, 0.25) is 0 Å². The maximum atomic E-state index is 7.98. The fourth-order valence-corrected chi connectivity index (χ4v) is 1.09. The molecule has 1 heterocycles. The Morgan fingerprint density at radius 3 is 3.00 bits per heavy atom. The number of likely N-dealkylation sites (tertiary alicyclic amines) is 1. The lowest BCUT2D eigenvalue weighted by atomic mass is 10.2. The molecule has 11 heavy (non-hydrogen) atoms. The minimum atomic E-state index is 0.390. The third-order valence-corrected chi connectivity index (χ3v) is 1.84. The van der Waals surface area contributed by atoms with E-state index in [1.807, 2.05) is 0 Å². The van der Waals surface area contributed by atoms with Crippen molar-refractivity contribution in [1.29, 1.82) is 0 Å². The molecule has 1 fully saturated rings. The van der Waals surface area contributed by atoms with Crippen LogP contribution < -0.4 is 0 Å². The Labute approximate surface area is 65.6 Å². The third-order valence-electron chi connectivity index (χ3n) is 1.84. The Morgan fingerprint density at radius 2 is 2.45 bits per heavy atom. The first-order valence-corrected chi connectivity index (χ1v) is 3.63. The monoisotopic (exact) mass is 156 g/mol. The Morgan fingerprint density at radius 1 is 1.73 bits per heavy atom. The van der Waals surface area contributed by atoms with E-state index in [-0.39, 0.29) is 0 Å². The fourth-order valence-electron chi connectivity index (χ4n) is 1.09. The van der Waals surface area contributed by atoms with Gasteiger partial charge in [0.25, 0.3) is 0 Å². The Hall–Kier alpha value is -0.770. The van der Waals surface area contributed by atoms with Crippen LogP contribution >= 0.6 is 0 Å². The van der Waals surface area contributed by atoms with Crippen molar-refractivity contribution in [1.82, 2.24) is 4.90 Å². The number of hydrogen-bond acceptors (Lipinski definition) is 3. The van der Waals surface area contributed by atoms with E-state index >= 15 is 0 Å². The zero-order valence-corrected chi connectivity index (χ0v) is 6.60. The molecule has 1 saturated heterocycles. The molecule has 0 aromatic carbocycles. The highest BCUT2D eigenvalue weighted by Crippen LogP contribution is 2.09. The lowest BCUT2D eigenvalue weighted by Crippen LogP contribution is -2.52. The van der Waals surface area contributed by atoms with E-state index < -0.39 is 0 Å². The van der Waals surface area contributed by atoms with Crippen LogP contribution in [-0.4, -0.2) is 44.3 Å². The van der Waals surface area contributed by atoms with Crippen LogP contribution in [0.15, 0.2) is 5.11 Å². The summed E-state index contributed by atoms with van der Waals surface area (Å²) in [4.78, 5) is 4.87. The average molecular weight is 156 g/mol. The van der Waals surface area contributed by atoms with Crippen molar-refractivity contribution in [3.8, 4) is 0 Å². The van der Waals surface area contributed by atoms with Crippen molar-refractivity contribution in [3.63, 3.8) is 0 Å². The lowest BCUT2D eigenvalue weighted by molar-refractivity contribution is -0.0274. The minimum absolute atomic E-state index is 0.390. The predicted octanol–water partition coefficient (Wildman–Crippen LogP) is 0.627. The van der Waals surface area contributed by atoms with Crippen LogP contribution in [0, 0.1) is 0 Å². The van der Waals surface area contributed by atoms with Gasteiger partial charge in [-0.3, -0.25) is 4.90 Å². The molecule has 0 amide bonds. The maximum Gasteiger partial charge on any atom is 0.0824 e. The molecule has 0 aliphatic carbocycles. The van der Waals surface area contributed by atoms with E-state index in [0.29, 0.717) is 12.6 Å². The molecule has 1 rings (SSSR count).